The standard InChI is InChI=1S/C23H30N4O3/c1-4-16-18(5-2)26(6-3)22-21(16)27(20(28)15-25-11-13-30-14-12-25)19-10-8-7-9-17(19)24-23(22)29/h7-10H,4-6,11-15H2,1-3H3,(H,24,29). The van der Waals surface area contributed by atoms with Crippen molar-refractivity contribution in [1.82, 2.24) is 9.47 Å². The van der Waals surface area contributed by atoms with Crippen molar-refractivity contribution < 1.29 is 14.3 Å². The van der Waals surface area contributed by atoms with Gasteiger partial charge in [-0.05, 0) is 37.5 Å². The number of benzene rings is 1. The second-order valence-electron chi connectivity index (χ2n) is 7.66. The number of hydrogen-bond donors (Lipinski definition) is 1. The minimum absolute atomic E-state index is 0.0206. The molecule has 2 aliphatic heterocycles. The van der Waals surface area contributed by atoms with E-state index in [1.165, 1.54) is 0 Å². The normalized spacial score (nSPS) is 16.6. The van der Waals surface area contributed by atoms with Gasteiger partial charge in [0.25, 0.3) is 5.91 Å². The van der Waals surface area contributed by atoms with Crippen molar-refractivity contribution in [1.29, 1.82) is 0 Å². The molecular formula is C23H30N4O3. The van der Waals surface area contributed by atoms with Gasteiger partial charge in [-0.1, -0.05) is 26.0 Å². The fraction of sp³-hybridized carbons (Fsp3) is 0.478. The highest BCUT2D eigenvalue weighted by Crippen LogP contribution is 2.43. The molecule has 2 aromatic rings. The van der Waals surface area contributed by atoms with Gasteiger partial charge in [0.15, 0.2) is 0 Å². The lowest BCUT2D eigenvalue weighted by molar-refractivity contribution is -0.120. The fourth-order valence-electron chi connectivity index (χ4n) is 4.66. The third-order valence-corrected chi connectivity index (χ3v) is 6.00. The molecule has 0 aliphatic carbocycles. The van der Waals surface area contributed by atoms with Crippen molar-refractivity contribution in [3.63, 3.8) is 0 Å². The van der Waals surface area contributed by atoms with E-state index in [-0.39, 0.29) is 11.8 Å². The number of amides is 2. The lowest BCUT2D eigenvalue weighted by Crippen LogP contribution is -2.43. The summed E-state index contributed by atoms with van der Waals surface area (Å²) in [5.41, 5.74) is 4.93. The molecule has 1 saturated heterocycles. The van der Waals surface area contributed by atoms with Crippen LogP contribution in [0.5, 0.6) is 0 Å². The van der Waals surface area contributed by atoms with Crippen LogP contribution in [0.2, 0.25) is 0 Å². The zero-order chi connectivity index (χ0) is 21.3. The molecule has 0 saturated carbocycles. The number of nitrogens with one attached hydrogen (secondary N) is 1. The Labute approximate surface area is 177 Å². The highest BCUT2D eigenvalue weighted by atomic mass is 16.5. The SMILES string of the molecule is CCc1c2c(n(CC)c1CC)C(=O)Nc1ccccc1N2C(=O)CN1CCOCC1. The molecule has 1 fully saturated rings. The predicted molar refractivity (Wildman–Crippen MR) is 118 cm³/mol. The monoisotopic (exact) mass is 410 g/mol. The van der Waals surface area contributed by atoms with Gasteiger partial charge in [0.1, 0.15) is 5.69 Å². The second kappa shape index (κ2) is 8.62. The highest BCUT2D eigenvalue weighted by Gasteiger charge is 2.36. The lowest BCUT2D eigenvalue weighted by atomic mass is 10.1. The molecule has 2 aliphatic rings. The van der Waals surface area contributed by atoms with Crippen LogP contribution in [0.3, 0.4) is 0 Å². The number of anilines is 3. The number of ether oxygens (including phenoxy) is 1. The smallest absolute Gasteiger partial charge is 0.274 e. The number of aromatic nitrogens is 1. The van der Waals surface area contributed by atoms with Gasteiger partial charge in [-0.25, -0.2) is 0 Å². The maximum absolute atomic E-state index is 13.7. The first kappa shape index (κ1) is 20.6. The molecule has 0 unspecified atom stereocenters. The number of carbonyl (C=O) groups is 2. The van der Waals surface area contributed by atoms with Crippen LogP contribution in [-0.4, -0.2) is 54.1 Å². The molecule has 0 atom stereocenters. The largest absolute Gasteiger partial charge is 0.379 e. The summed E-state index contributed by atoms with van der Waals surface area (Å²) in [4.78, 5) is 30.9. The van der Waals surface area contributed by atoms with E-state index in [1.54, 1.807) is 4.90 Å². The van der Waals surface area contributed by atoms with Gasteiger partial charge in [0.2, 0.25) is 5.91 Å². The van der Waals surface area contributed by atoms with E-state index in [1.807, 2.05) is 31.2 Å². The Morgan fingerprint density at radius 3 is 2.50 bits per heavy atom. The minimum atomic E-state index is -0.157. The summed E-state index contributed by atoms with van der Waals surface area (Å²) in [5, 5.41) is 3.04. The molecule has 0 bridgehead atoms. The van der Waals surface area contributed by atoms with Gasteiger partial charge in [-0.15, -0.1) is 0 Å². The summed E-state index contributed by atoms with van der Waals surface area (Å²) < 4.78 is 7.51. The number of para-hydroxylation sites is 2. The molecule has 1 aromatic heterocycles. The van der Waals surface area contributed by atoms with E-state index < -0.39 is 0 Å². The zero-order valence-electron chi connectivity index (χ0n) is 18.0. The van der Waals surface area contributed by atoms with Crippen LogP contribution in [0.15, 0.2) is 24.3 Å². The number of carbonyl (C=O) groups excluding carboxylic acids is 2. The van der Waals surface area contributed by atoms with Crippen molar-refractivity contribution in [3.8, 4) is 0 Å². The molecular weight excluding hydrogens is 380 g/mol. The quantitative estimate of drug-likeness (QED) is 0.822. The number of nitrogens with zero attached hydrogens (tertiary/aromatic N) is 3. The van der Waals surface area contributed by atoms with E-state index in [0.29, 0.717) is 37.7 Å². The zero-order valence-corrected chi connectivity index (χ0v) is 18.0. The van der Waals surface area contributed by atoms with Crippen LogP contribution in [-0.2, 0) is 28.9 Å². The topological polar surface area (TPSA) is 66.8 Å². The summed E-state index contributed by atoms with van der Waals surface area (Å²) in [6, 6.07) is 7.56. The molecule has 1 aromatic carbocycles. The molecule has 2 amide bonds. The number of fused-ring (bicyclic) bond motifs is 2. The predicted octanol–water partition coefficient (Wildman–Crippen LogP) is 3.20. The molecule has 4 rings (SSSR count). The Morgan fingerprint density at radius 1 is 1.10 bits per heavy atom. The van der Waals surface area contributed by atoms with E-state index in [2.05, 4.69) is 28.6 Å². The van der Waals surface area contributed by atoms with Gasteiger partial charge in [0, 0.05) is 25.3 Å². The van der Waals surface area contributed by atoms with Crippen LogP contribution < -0.4 is 10.2 Å². The summed E-state index contributed by atoms with van der Waals surface area (Å²) >= 11 is 0. The summed E-state index contributed by atoms with van der Waals surface area (Å²) in [6.45, 7) is 9.98. The van der Waals surface area contributed by atoms with Crippen LogP contribution in [0.1, 0.15) is 42.5 Å². The molecule has 160 valence electrons. The Bertz CT molecular complexity index is 960. The molecule has 7 heteroatoms. The Kier molecular flexibility index (Phi) is 5.92. The van der Waals surface area contributed by atoms with Gasteiger partial charge >= 0.3 is 0 Å². The summed E-state index contributed by atoms with van der Waals surface area (Å²) in [5.74, 6) is -0.178. The molecule has 1 N–H and O–H groups in total. The summed E-state index contributed by atoms with van der Waals surface area (Å²) in [6.07, 6.45) is 1.57. The van der Waals surface area contributed by atoms with Gasteiger partial charge in [-0.2, -0.15) is 0 Å². The lowest BCUT2D eigenvalue weighted by Gasteiger charge is -2.30. The van der Waals surface area contributed by atoms with Gasteiger partial charge < -0.3 is 14.6 Å². The first-order valence-electron chi connectivity index (χ1n) is 10.9. The van der Waals surface area contributed by atoms with Gasteiger partial charge in [-0.3, -0.25) is 19.4 Å². The van der Waals surface area contributed by atoms with Crippen molar-refractivity contribution in [3.05, 3.63) is 41.2 Å². The number of rotatable bonds is 5. The van der Waals surface area contributed by atoms with E-state index >= 15 is 0 Å². The van der Waals surface area contributed by atoms with Crippen molar-refractivity contribution >= 4 is 28.9 Å². The van der Waals surface area contributed by atoms with Crippen LogP contribution in [0.4, 0.5) is 17.1 Å². The third-order valence-electron chi connectivity index (χ3n) is 6.00. The minimum Gasteiger partial charge on any atom is -0.379 e. The Hall–Kier alpha value is -2.64. The maximum Gasteiger partial charge on any atom is 0.274 e. The van der Waals surface area contributed by atoms with Gasteiger partial charge in [0.05, 0.1) is 36.8 Å². The van der Waals surface area contributed by atoms with E-state index in [0.717, 1.165) is 48.6 Å². The van der Waals surface area contributed by atoms with Crippen LogP contribution >= 0.6 is 0 Å². The molecule has 3 heterocycles. The molecule has 0 radical (unpaired) electrons. The summed E-state index contributed by atoms with van der Waals surface area (Å²) in [7, 11) is 0. The average Bonchev–Trinajstić information content (AvgIpc) is 3.02. The van der Waals surface area contributed by atoms with Crippen LogP contribution in [0.25, 0.3) is 0 Å². The number of hydrogen-bond acceptors (Lipinski definition) is 4. The average molecular weight is 411 g/mol. The van der Waals surface area contributed by atoms with Crippen molar-refractivity contribution in [2.45, 2.75) is 40.2 Å². The molecule has 30 heavy (non-hydrogen) atoms. The fourth-order valence-corrected chi connectivity index (χ4v) is 4.66. The van der Waals surface area contributed by atoms with E-state index in [9.17, 15) is 9.59 Å². The highest BCUT2D eigenvalue weighted by molar-refractivity contribution is 6.18. The van der Waals surface area contributed by atoms with Crippen molar-refractivity contribution in [2.75, 3.05) is 43.1 Å². The molecule has 0 spiro atoms. The Balaban J connectivity index is 1.90. The first-order chi connectivity index (χ1) is 14.6. The number of morpholine rings is 1. The van der Waals surface area contributed by atoms with E-state index in [4.69, 9.17) is 4.74 Å². The Morgan fingerprint density at radius 2 is 1.83 bits per heavy atom. The maximum atomic E-state index is 13.7. The first-order valence-corrected chi connectivity index (χ1v) is 10.9. The van der Waals surface area contributed by atoms with Crippen LogP contribution in [0, 0.1) is 0 Å². The second-order valence-corrected chi connectivity index (χ2v) is 7.66. The van der Waals surface area contributed by atoms with Crippen molar-refractivity contribution in [2.24, 2.45) is 0 Å². The molecule has 7 nitrogen and oxygen atoms in total. The third kappa shape index (κ3) is 3.42.